The second-order valence-electron chi connectivity index (χ2n) is 5.77. The molecule has 3 heteroatoms. The Morgan fingerprint density at radius 2 is 1.50 bits per heavy atom. The lowest BCUT2D eigenvalue weighted by Gasteiger charge is -2.17. The second-order valence-corrected chi connectivity index (χ2v) is 5.77. The number of hydrogen-bond acceptors (Lipinski definition) is 1. The number of hydrogen-bond donors (Lipinski definition) is 1. The van der Waals surface area contributed by atoms with Crippen LogP contribution >= 0.6 is 0 Å². The number of rotatable bonds is 6. The fourth-order valence-electron chi connectivity index (χ4n) is 2.80. The molecule has 3 rings (SSSR count). The van der Waals surface area contributed by atoms with Crippen LogP contribution in [0.5, 0.6) is 0 Å². The summed E-state index contributed by atoms with van der Waals surface area (Å²) in [5, 5.41) is 3.01. The molecule has 0 fully saturated rings. The van der Waals surface area contributed by atoms with Crippen LogP contribution in [0.25, 0.3) is 0 Å². The van der Waals surface area contributed by atoms with Gasteiger partial charge in [-0.25, -0.2) is 4.98 Å². The highest BCUT2D eigenvalue weighted by molar-refractivity contribution is 5.77. The third-order valence-corrected chi connectivity index (χ3v) is 4.05. The molecule has 1 amide bonds. The Morgan fingerprint density at radius 1 is 0.875 bits per heavy atom. The maximum Gasteiger partial charge on any atom is 0.221 e. The molecule has 0 unspecified atom stereocenters. The van der Waals surface area contributed by atoms with E-state index in [0.29, 0.717) is 13.0 Å². The number of H-pyrrole nitrogens is 1. The Kier molecular flexibility index (Phi) is 5.36. The predicted molar refractivity (Wildman–Crippen MR) is 94.2 cm³/mol. The van der Waals surface area contributed by atoms with Crippen LogP contribution in [-0.2, 0) is 11.3 Å². The van der Waals surface area contributed by atoms with Gasteiger partial charge in [0.25, 0.3) is 0 Å². The minimum absolute atomic E-state index is 0.0524. The molecular weight excluding hydrogens is 296 g/mol. The summed E-state index contributed by atoms with van der Waals surface area (Å²) in [5.41, 5.74) is 3.38. The van der Waals surface area contributed by atoms with E-state index >= 15 is 0 Å². The number of carbonyl (C=O) groups is 1. The molecule has 0 atom stereocenters. The molecular formula is C21H21N2O+. The van der Waals surface area contributed by atoms with Crippen LogP contribution in [0, 0.1) is 0 Å². The number of pyridine rings is 1. The topological polar surface area (TPSA) is 43.2 Å². The zero-order chi connectivity index (χ0) is 16.6. The van der Waals surface area contributed by atoms with Crippen molar-refractivity contribution in [1.82, 2.24) is 5.32 Å². The van der Waals surface area contributed by atoms with Gasteiger partial charge in [0.1, 0.15) is 0 Å². The van der Waals surface area contributed by atoms with Gasteiger partial charge in [0, 0.05) is 30.5 Å². The van der Waals surface area contributed by atoms with E-state index in [1.165, 1.54) is 0 Å². The molecule has 0 spiro atoms. The smallest absolute Gasteiger partial charge is 0.221 e. The standard InChI is InChI=1S/C21H20N2O/c24-21(23-16-17-8-7-13-22-15-17)14-20(18-9-3-1-4-10-18)19-11-5-2-6-12-19/h1-13,15,20H,14,16H2,(H,23,24)/p+1. The number of amides is 1. The fraction of sp³-hybridized carbons (Fsp3) is 0.143. The molecule has 1 heterocycles. The zero-order valence-corrected chi connectivity index (χ0v) is 13.5. The van der Waals surface area contributed by atoms with Crippen LogP contribution in [0.1, 0.15) is 29.0 Å². The number of aromatic amines is 1. The first-order valence-electron chi connectivity index (χ1n) is 8.14. The summed E-state index contributed by atoms with van der Waals surface area (Å²) in [6, 6.07) is 24.3. The summed E-state index contributed by atoms with van der Waals surface area (Å²) < 4.78 is 0. The third-order valence-electron chi connectivity index (χ3n) is 4.05. The van der Waals surface area contributed by atoms with Crippen molar-refractivity contribution in [2.75, 3.05) is 0 Å². The molecule has 0 aliphatic rings. The molecule has 0 saturated carbocycles. The first kappa shape index (κ1) is 15.9. The lowest BCUT2D eigenvalue weighted by atomic mass is 9.88. The summed E-state index contributed by atoms with van der Waals surface area (Å²) in [6.07, 6.45) is 4.18. The van der Waals surface area contributed by atoms with Crippen molar-refractivity contribution >= 4 is 5.91 Å². The molecule has 3 nitrogen and oxygen atoms in total. The van der Waals surface area contributed by atoms with E-state index in [9.17, 15) is 4.79 Å². The maximum absolute atomic E-state index is 12.5. The van der Waals surface area contributed by atoms with Crippen molar-refractivity contribution in [2.24, 2.45) is 0 Å². The molecule has 2 N–H and O–H groups in total. The molecule has 0 bridgehead atoms. The van der Waals surface area contributed by atoms with Crippen molar-refractivity contribution in [3.05, 3.63) is 102 Å². The summed E-state index contributed by atoms with van der Waals surface area (Å²) in [7, 11) is 0. The first-order valence-corrected chi connectivity index (χ1v) is 8.14. The second kappa shape index (κ2) is 8.06. The lowest BCUT2D eigenvalue weighted by molar-refractivity contribution is -0.378. The van der Waals surface area contributed by atoms with E-state index in [-0.39, 0.29) is 11.8 Å². The molecule has 120 valence electrons. The largest absolute Gasteiger partial charge is 0.352 e. The van der Waals surface area contributed by atoms with Crippen LogP contribution in [0.2, 0.25) is 0 Å². The molecule has 3 aromatic rings. The molecule has 0 aliphatic carbocycles. The van der Waals surface area contributed by atoms with Gasteiger partial charge < -0.3 is 5.32 Å². The number of carbonyl (C=O) groups excluding carboxylic acids is 1. The van der Waals surface area contributed by atoms with E-state index in [4.69, 9.17) is 0 Å². The van der Waals surface area contributed by atoms with Crippen molar-refractivity contribution in [2.45, 2.75) is 18.9 Å². The van der Waals surface area contributed by atoms with Gasteiger partial charge in [-0.05, 0) is 17.2 Å². The Hall–Kier alpha value is -2.94. The number of nitrogens with one attached hydrogen (secondary N) is 2. The fourth-order valence-corrected chi connectivity index (χ4v) is 2.80. The predicted octanol–water partition coefficient (Wildman–Crippen LogP) is 3.34. The van der Waals surface area contributed by atoms with Gasteiger partial charge in [-0.15, -0.1) is 0 Å². The highest BCUT2D eigenvalue weighted by Crippen LogP contribution is 2.27. The van der Waals surface area contributed by atoms with Crippen molar-refractivity contribution in [3.8, 4) is 0 Å². The minimum Gasteiger partial charge on any atom is -0.352 e. The van der Waals surface area contributed by atoms with Crippen LogP contribution < -0.4 is 10.3 Å². The van der Waals surface area contributed by atoms with Crippen molar-refractivity contribution in [3.63, 3.8) is 0 Å². The average molecular weight is 317 g/mol. The lowest BCUT2D eigenvalue weighted by Crippen LogP contribution is -2.25. The quantitative estimate of drug-likeness (QED) is 0.744. The van der Waals surface area contributed by atoms with Gasteiger partial charge in [-0.3, -0.25) is 4.79 Å². The Labute approximate surface area is 142 Å². The summed E-state index contributed by atoms with van der Waals surface area (Å²) >= 11 is 0. The summed E-state index contributed by atoms with van der Waals surface area (Å²) in [4.78, 5) is 15.5. The molecule has 0 saturated heterocycles. The Bertz CT molecular complexity index is 718. The van der Waals surface area contributed by atoms with Gasteiger partial charge in [0.05, 0.1) is 0 Å². The van der Waals surface area contributed by atoms with Gasteiger partial charge in [0.15, 0.2) is 12.4 Å². The monoisotopic (exact) mass is 317 g/mol. The third kappa shape index (κ3) is 4.29. The molecule has 2 aromatic carbocycles. The van der Waals surface area contributed by atoms with E-state index in [2.05, 4.69) is 34.6 Å². The number of benzene rings is 2. The van der Waals surface area contributed by atoms with Gasteiger partial charge in [0.2, 0.25) is 5.91 Å². The summed E-state index contributed by atoms with van der Waals surface area (Å²) in [5.74, 6) is 0.117. The van der Waals surface area contributed by atoms with Gasteiger partial charge in [-0.1, -0.05) is 60.7 Å². The maximum atomic E-state index is 12.5. The van der Waals surface area contributed by atoms with E-state index < -0.39 is 0 Å². The molecule has 24 heavy (non-hydrogen) atoms. The Morgan fingerprint density at radius 3 is 2.04 bits per heavy atom. The van der Waals surface area contributed by atoms with Crippen LogP contribution in [0.4, 0.5) is 0 Å². The van der Waals surface area contributed by atoms with Crippen molar-refractivity contribution < 1.29 is 9.78 Å². The van der Waals surface area contributed by atoms with Gasteiger partial charge >= 0.3 is 0 Å². The minimum atomic E-state index is 0.0524. The van der Waals surface area contributed by atoms with E-state index in [1.54, 1.807) is 0 Å². The van der Waals surface area contributed by atoms with E-state index in [0.717, 1.165) is 16.7 Å². The van der Waals surface area contributed by atoms with Crippen LogP contribution in [0.15, 0.2) is 85.2 Å². The highest BCUT2D eigenvalue weighted by Gasteiger charge is 2.17. The molecule has 1 aromatic heterocycles. The normalized spacial score (nSPS) is 10.5. The van der Waals surface area contributed by atoms with Crippen LogP contribution in [0.3, 0.4) is 0 Å². The number of aromatic nitrogens is 1. The SMILES string of the molecule is O=C(CC(c1ccccc1)c1ccccc1)NCc1ccc[nH+]c1. The van der Waals surface area contributed by atoms with Gasteiger partial charge in [-0.2, -0.15) is 0 Å². The summed E-state index contributed by atoms with van der Waals surface area (Å²) in [6.45, 7) is 0.534. The zero-order valence-electron chi connectivity index (χ0n) is 13.5. The van der Waals surface area contributed by atoms with Crippen molar-refractivity contribution in [1.29, 1.82) is 0 Å². The first-order chi connectivity index (χ1) is 11.8. The molecule has 0 aliphatic heterocycles. The van der Waals surface area contributed by atoms with Crippen LogP contribution in [-0.4, -0.2) is 5.91 Å². The molecule has 0 radical (unpaired) electrons. The Balaban J connectivity index is 1.71. The highest BCUT2D eigenvalue weighted by atomic mass is 16.1. The van der Waals surface area contributed by atoms with E-state index in [1.807, 2.05) is 60.9 Å². The average Bonchev–Trinajstić information content (AvgIpc) is 2.67.